The average Bonchev–Trinajstić information content (AvgIpc) is 2.75. The summed E-state index contributed by atoms with van der Waals surface area (Å²) in [6.07, 6.45) is 2.90. The molecule has 0 unspecified atom stereocenters. The average molecular weight is 483 g/mol. The summed E-state index contributed by atoms with van der Waals surface area (Å²) in [6.45, 7) is 6.71. The van der Waals surface area contributed by atoms with E-state index >= 15 is 0 Å². The highest BCUT2D eigenvalue weighted by molar-refractivity contribution is 7.92. The number of ether oxygens (including phenoxy) is 1. The molecule has 0 aliphatic heterocycles. The van der Waals surface area contributed by atoms with E-state index in [-0.39, 0.29) is 28.6 Å². The van der Waals surface area contributed by atoms with Crippen molar-refractivity contribution < 1.29 is 22.7 Å². The fourth-order valence-corrected chi connectivity index (χ4v) is 4.24. The largest absolute Gasteiger partial charge is 0.452 e. The van der Waals surface area contributed by atoms with Gasteiger partial charge in [-0.05, 0) is 42.5 Å². The number of hydrogen-bond donors (Lipinski definition) is 1. The quantitative estimate of drug-likeness (QED) is 0.410. The molecular weight excluding hydrogens is 463 g/mol. The lowest BCUT2D eigenvalue weighted by molar-refractivity contribution is -0.124. The van der Waals surface area contributed by atoms with E-state index in [0.717, 1.165) is 10.4 Å². The maximum Gasteiger partial charge on any atom is 0.340 e. The van der Waals surface area contributed by atoms with Crippen LogP contribution in [0.3, 0.4) is 0 Å². The maximum absolute atomic E-state index is 13.3. The van der Waals surface area contributed by atoms with Crippen LogP contribution in [0.25, 0.3) is 0 Å². The standard InChI is InChI=1S/C21H20Cl2N2O5S/c1-3-11-24-20(26)14-30-21(27)18-13-17(9-10-19(18)23)31(28,29)25(12-4-2)16-7-5-15(22)6-8-16/h3-10,13H,1-2,11-12,14H2,(H,24,26). The first-order chi connectivity index (χ1) is 14.7. The van der Waals surface area contributed by atoms with E-state index in [2.05, 4.69) is 18.5 Å². The van der Waals surface area contributed by atoms with Gasteiger partial charge in [-0.25, -0.2) is 13.2 Å². The zero-order valence-corrected chi connectivity index (χ0v) is 18.7. The first-order valence-electron chi connectivity index (χ1n) is 8.94. The molecule has 7 nitrogen and oxygen atoms in total. The van der Waals surface area contributed by atoms with Gasteiger partial charge < -0.3 is 10.1 Å². The molecule has 10 heteroatoms. The molecule has 0 radical (unpaired) electrons. The Bertz CT molecular complexity index is 1090. The molecule has 0 bridgehead atoms. The minimum Gasteiger partial charge on any atom is -0.452 e. The van der Waals surface area contributed by atoms with Crippen molar-refractivity contribution in [2.45, 2.75) is 4.90 Å². The van der Waals surface area contributed by atoms with E-state index in [1.807, 2.05) is 0 Å². The van der Waals surface area contributed by atoms with E-state index in [1.54, 1.807) is 24.3 Å². The van der Waals surface area contributed by atoms with Gasteiger partial charge in [0, 0.05) is 11.6 Å². The molecule has 2 aromatic rings. The van der Waals surface area contributed by atoms with Crippen molar-refractivity contribution in [3.8, 4) is 0 Å². The van der Waals surface area contributed by atoms with Crippen molar-refractivity contribution in [3.63, 3.8) is 0 Å². The van der Waals surface area contributed by atoms with Gasteiger partial charge in [0.2, 0.25) is 0 Å². The van der Waals surface area contributed by atoms with Crippen LogP contribution in [-0.2, 0) is 19.6 Å². The van der Waals surface area contributed by atoms with E-state index in [4.69, 9.17) is 27.9 Å². The highest BCUT2D eigenvalue weighted by Gasteiger charge is 2.26. The van der Waals surface area contributed by atoms with Crippen LogP contribution in [-0.4, -0.2) is 40.0 Å². The lowest BCUT2D eigenvalue weighted by atomic mass is 10.2. The molecule has 0 aromatic heterocycles. The number of sulfonamides is 1. The minimum absolute atomic E-state index is 0.0165. The number of anilines is 1. The molecule has 31 heavy (non-hydrogen) atoms. The summed E-state index contributed by atoms with van der Waals surface area (Å²) in [6, 6.07) is 9.88. The molecule has 0 aliphatic rings. The van der Waals surface area contributed by atoms with Crippen LogP contribution in [0.5, 0.6) is 0 Å². The van der Waals surface area contributed by atoms with Crippen LogP contribution in [0.4, 0.5) is 5.69 Å². The lowest BCUT2D eigenvalue weighted by Crippen LogP contribution is -2.31. The predicted molar refractivity (Wildman–Crippen MR) is 121 cm³/mol. The van der Waals surface area contributed by atoms with E-state index < -0.39 is 28.5 Å². The molecule has 0 aliphatic carbocycles. The van der Waals surface area contributed by atoms with Crippen molar-refractivity contribution in [3.05, 3.63) is 83.4 Å². The molecule has 1 amide bonds. The number of benzene rings is 2. The van der Waals surface area contributed by atoms with Crippen LogP contribution in [0.2, 0.25) is 10.0 Å². The van der Waals surface area contributed by atoms with Gasteiger partial charge in [0.05, 0.1) is 27.7 Å². The van der Waals surface area contributed by atoms with Gasteiger partial charge in [-0.2, -0.15) is 0 Å². The lowest BCUT2D eigenvalue weighted by Gasteiger charge is -2.23. The Labute approximate surface area is 191 Å². The normalized spacial score (nSPS) is 10.8. The number of halogens is 2. The summed E-state index contributed by atoms with van der Waals surface area (Å²) in [4.78, 5) is 23.8. The van der Waals surface area contributed by atoms with E-state index in [0.29, 0.717) is 10.7 Å². The van der Waals surface area contributed by atoms with Crippen LogP contribution in [0.1, 0.15) is 10.4 Å². The predicted octanol–water partition coefficient (Wildman–Crippen LogP) is 3.83. The molecule has 0 heterocycles. The van der Waals surface area contributed by atoms with Crippen molar-refractivity contribution in [1.29, 1.82) is 0 Å². The van der Waals surface area contributed by atoms with Crippen LogP contribution < -0.4 is 9.62 Å². The Kier molecular flexibility index (Phi) is 8.67. The monoisotopic (exact) mass is 482 g/mol. The third-order valence-corrected chi connectivity index (χ3v) is 6.30. The van der Waals surface area contributed by atoms with Gasteiger partial charge in [-0.15, -0.1) is 13.2 Å². The van der Waals surface area contributed by atoms with Crippen LogP contribution >= 0.6 is 23.2 Å². The topological polar surface area (TPSA) is 92.8 Å². The smallest absolute Gasteiger partial charge is 0.340 e. The zero-order valence-electron chi connectivity index (χ0n) is 16.4. The number of esters is 1. The number of hydrogen-bond acceptors (Lipinski definition) is 5. The summed E-state index contributed by atoms with van der Waals surface area (Å²) in [5.74, 6) is -1.47. The van der Waals surface area contributed by atoms with Crippen molar-refractivity contribution in [2.24, 2.45) is 0 Å². The van der Waals surface area contributed by atoms with Crippen molar-refractivity contribution in [2.75, 3.05) is 24.0 Å². The molecule has 2 aromatic carbocycles. The molecule has 1 N–H and O–H groups in total. The first-order valence-corrected chi connectivity index (χ1v) is 11.1. The Morgan fingerprint density at radius 3 is 2.35 bits per heavy atom. The number of nitrogens with one attached hydrogen (secondary N) is 1. The van der Waals surface area contributed by atoms with Crippen molar-refractivity contribution >= 4 is 50.8 Å². The Morgan fingerprint density at radius 2 is 1.74 bits per heavy atom. The highest BCUT2D eigenvalue weighted by atomic mass is 35.5. The second-order valence-corrected chi connectivity index (χ2v) is 8.82. The zero-order chi connectivity index (χ0) is 23.0. The number of carbonyl (C=O) groups excluding carboxylic acids is 2. The van der Waals surface area contributed by atoms with Gasteiger partial charge in [-0.3, -0.25) is 9.10 Å². The van der Waals surface area contributed by atoms with E-state index in [1.165, 1.54) is 24.3 Å². The second-order valence-electron chi connectivity index (χ2n) is 6.11. The van der Waals surface area contributed by atoms with E-state index in [9.17, 15) is 18.0 Å². The molecule has 0 atom stereocenters. The maximum atomic E-state index is 13.3. The second kappa shape index (κ2) is 11.0. The number of nitrogens with zero attached hydrogens (tertiary/aromatic N) is 1. The van der Waals surface area contributed by atoms with Gasteiger partial charge in [0.25, 0.3) is 15.9 Å². The third kappa shape index (κ3) is 6.33. The number of rotatable bonds is 10. The Hall–Kier alpha value is -2.81. The van der Waals surface area contributed by atoms with Gasteiger partial charge in [0.15, 0.2) is 6.61 Å². The summed E-state index contributed by atoms with van der Waals surface area (Å²) in [5.41, 5.74) is 0.177. The number of amides is 1. The summed E-state index contributed by atoms with van der Waals surface area (Å²) >= 11 is 12.0. The minimum atomic E-state index is -4.08. The van der Waals surface area contributed by atoms with Gasteiger partial charge in [0.1, 0.15) is 0 Å². The molecular formula is C21H20Cl2N2O5S. The number of carbonyl (C=O) groups is 2. The molecule has 0 fully saturated rings. The van der Waals surface area contributed by atoms with Crippen LogP contribution in [0, 0.1) is 0 Å². The molecule has 0 saturated carbocycles. The Balaban J connectivity index is 2.33. The Morgan fingerprint density at radius 1 is 1.06 bits per heavy atom. The molecule has 0 spiro atoms. The molecule has 164 valence electrons. The molecule has 0 saturated heterocycles. The highest BCUT2D eigenvalue weighted by Crippen LogP contribution is 2.28. The van der Waals surface area contributed by atoms with Gasteiger partial charge >= 0.3 is 5.97 Å². The van der Waals surface area contributed by atoms with Crippen LogP contribution in [0.15, 0.2) is 72.7 Å². The fraction of sp³-hybridized carbons (Fsp3) is 0.143. The first kappa shape index (κ1) is 24.5. The summed E-state index contributed by atoms with van der Waals surface area (Å²) in [5, 5.41) is 2.89. The molecule has 2 rings (SSSR count). The fourth-order valence-electron chi connectivity index (χ4n) is 2.46. The summed E-state index contributed by atoms with van der Waals surface area (Å²) in [7, 11) is -4.08. The summed E-state index contributed by atoms with van der Waals surface area (Å²) < 4.78 is 32.5. The third-order valence-electron chi connectivity index (χ3n) is 3.93. The van der Waals surface area contributed by atoms with Crippen molar-refractivity contribution in [1.82, 2.24) is 5.32 Å². The SMILES string of the molecule is C=CCNC(=O)COC(=O)c1cc(S(=O)(=O)N(CC=C)c2ccc(Cl)cc2)ccc1Cl. The van der Waals surface area contributed by atoms with Gasteiger partial charge in [-0.1, -0.05) is 35.4 Å².